The van der Waals surface area contributed by atoms with Crippen LogP contribution in [0.4, 0.5) is 10.3 Å². The van der Waals surface area contributed by atoms with Gasteiger partial charge < -0.3 is 15.5 Å². The minimum absolute atomic E-state index is 0.149. The van der Waals surface area contributed by atoms with Gasteiger partial charge in [0.25, 0.3) is 11.8 Å². The van der Waals surface area contributed by atoms with Crippen molar-refractivity contribution in [2.75, 3.05) is 18.4 Å². The lowest BCUT2D eigenvalue weighted by Gasteiger charge is -2.39. The molecule has 0 radical (unpaired) electrons. The van der Waals surface area contributed by atoms with Crippen molar-refractivity contribution in [3.05, 3.63) is 107 Å². The Morgan fingerprint density at radius 3 is 2.50 bits per heavy atom. The number of fused-ring (bicyclic) bond motifs is 1. The number of aromatic nitrogens is 3. The van der Waals surface area contributed by atoms with E-state index in [0.29, 0.717) is 40.1 Å². The third kappa shape index (κ3) is 5.26. The van der Waals surface area contributed by atoms with Gasteiger partial charge in [0.1, 0.15) is 5.82 Å². The van der Waals surface area contributed by atoms with Crippen molar-refractivity contribution in [2.24, 2.45) is 0 Å². The van der Waals surface area contributed by atoms with Crippen LogP contribution in [0.2, 0.25) is 0 Å². The van der Waals surface area contributed by atoms with Gasteiger partial charge in [0.2, 0.25) is 5.95 Å². The van der Waals surface area contributed by atoms with E-state index in [1.807, 2.05) is 73.0 Å². The van der Waals surface area contributed by atoms with Gasteiger partial charge in [0.15, 0.2) is 5.69 Å². The molecule has 0 bridgehead atoms. The molecule has 200 valence electrons. The van der Waals surface area contributed by atoms with Crippen LogP contribution >= 0.6 is 11.3 Å². The number of nitrogens with one attached hydrogen (secondary N) is 2. The van der Waals surface area contributed by atoms with Crippen LogP contribution in [0.1, 0.15) is 39.4 Å². The standard InChI is InChI=1S/C30H25FN6O2S/c1-18(22-13-23(31)15-32-14-22)33-30-35-25-11-12-40-27(25)26(36-30)29(39)37-16-24(17-37)34-28(38)21-9-7-20(8-10-21)19-5-3-2-4-6-19/h2-15,18,24H,16-17H2,1H3,(H,34,38)(H,33,35,36)/t18-/m0/s1. The van der Waals surface area contributed by atoms with E-state index >= 15 is 0 Å². The van der Waals surface area contributed by atoms with Crippen molar-refractivity contribution in [2.45, 2.75) is 19.0 Å². The number of carbonyl (C=O) groups excluding carboxylic acids is 2. The highest BCUT2D eigenvalue weighted by molar-refractivity contribution is 7.17. The van der Waals surface area contributed by atoms with Gasteiger partial charge in [-0.3, -0.25) is 14.6 Å². The molecule has 40 heavy (non-hydrogen) atoms. The summed E-state index contributed by atoms with van der Waals surface area (Å²) in [5, 5.41) is 8.02. The Morgan fingerprint density at radius 2 is 1.75 bits per heavy atom. The normalized spacial score (nSPS) is 14.0. The Hall–Kier alpha value is -4.70. The Morgan fingerprint density at radius 1 is 1.00 bits per heavy atom. The van der Waals surface area contributed by atoms with Gasteiger partial charge >= 0.3 is 0 Å². The van der Waals surface area contributed by atoms with Crippen molar-refractivity contribution in [3.8, 4) is 11.1 Å². The summed E-state index contributed by atoms with van der Waals surface area (Å²) in [6.45, 7) is 2.62. The lowest BCUT2D eigenvalue weighted by atomic mass is 10.0. The predicted octanol–water partition coefficient (Wildman–Crippen LogP) is 5.32. The van der Waals surface area contributed by atoms with Crippen LogP contribution in [-0.4, -0.2) is 50.8 Å². The van der Waals surface area contributed by atoms with Gasteiger partial charge in [0.05, 0.1) is 28.5 Å². The molecule has 4 heterocycles. The Labute approximate surface area is 233 Å². The summed E-state index contributed by atoms with van der Waals surface area (Å²) in [4.78, 5) is 40.8. The van der Waals surface area contributed by atoms with Crippen LogP contribution in [0.15, 0.2) is 84.5 Å². The molecule has 10 heteroatoms. The number of carbonyl (C=O) groups is 2. The number of halogens is 1. The summed E-state index contributed by atoms with van der Waals surface area (Å²) in [6.07, 6.45) is 2.72. The van der Waals surface area contributed by atoms with E-state index in [9.17, 15) is 14.0 Å². The molecule has 1 atom stereocenters. The molecule has 1 aliphatic rings. The van der Waals surface area contributed by atoms with Gasteiger partial charge in [-0.1, -0.05) is 42.5 Å². The number of amides is 2. The lowest BCUT2D eigenvalue weighted by Crippen LogP contribution is -2.61. The molecule has 6 rings (SSSR count). The number of hydrogen-bond acceptors (Lipinski definition) is 7. The first-order chi connectivity index (χ1) is 19.4. The molecule has 2 N–H and O–H groups in total. The highest BCUT2D eigenvalue weighted by Crippen LogP contribution is 2.27. The summed E-state index contributed by atoms with van der Waals surface area (Å²) >= 11 is 1.40. The van der Waals surface area contributed by atoms with Crippen molar-refractivity contribution >= 4 is 39.3 Å². The molecule has 2 amide bonds. The average molecular weight is 553 g/mol. The second kappa shape index (κ2) is 10.8. The average Bonchev–Trinajstić information content (AvgIpc) is 3.43. The molecule has 3 aromatic heterocycles. The minimum atomic E-state index is -0.431. The number of hydrogen-bond donors (Lipinski definition) is 2. The third-order valence-corrected chi connectivity index (χ3v) is 7.75. The zero-order valence-corrected chi connectivity index (χ0v) is 22.4. The smallest absolute Gasteiger partial charge is 0.274 e. The molecule has 8 nitrogen and oxygen atoms in total. The van der Waals surface area contributed by atoms with Crippen molar-refractivity contribution in [1.82, 2.24) is 25.2 Å². The number of pyridine rings is 1. The fraction of sp³-hybridized carbons (Fsp3) is 0.167. The van der Waals surface area contributed by atoms with Crippen LogP contribution in [0, 0.1) is 5.82 Å². The first-order valence-corrected chi connectivity index (χ1v) is 13.7. The predicted molar refractivity (Wildman–Crippen MR) is 153 cm³/mol. The van der Waals surface area contributed by atoms with Gasteiger partial charge in [-0.25, -0.2) is 14.4 Å². The molecule has 0 unspecified atom stereocenters. The van der Waals surface area contributed by atoms with Crippen LogP contribution in [0.5, 0.6) is 0 Å². The number of likely N-dealkylation sites (tertiary alicyclic amines) is 1. The van der Waals surface area contributed by atoms with E-state index in [2.05, 4.69) is 25.6 Å². The van der Waals surface area contributed by atoms with Crippen molar-refractivity contribution in [3.63, 3.8) is 0 Å². The zero-order chi connectivity index (χ0) is 27.6. The molecule has 0 spiro atoms. The van der Waals surface area contributed by atoms with E-state index < -0.39 is 5.82 Å². The second-order valence-electron chi connectivity index (χ2n) is 9.66. The van der Waals surface area contributed by atoms with Crippen molar-refractivity contribution < 1.29 is 14.0 Å². The second-order valence-corrected chi connectivity index (χ2v) is 10.6. The summed E-state index contributed by atoms with van der Waals surface area (Å²) in [5.41, 5.74) is 4.29. The highest BCUT2D eigenvalue weighted by Gasteiger charge is 2.34. The number of nitrogens with zero attached hydrogens (tertiary/aromatic N) is 4. The first-order valence-electron chi connectivity index (χ1n) is 12.8. The fourth-order valence-corrected chi connectivity index (χ4v) is 5.43. The van der Waals surface area contributed by atoms with E-state index in [0.717, 1.165) is 17.3 Å². The van der Waals surface area contributed by atoms with E-state index in [-0.39, 0.29) is 29.8 Å². The number of rotatable bonds is 7. The fourth-order valence-electron chi connectivity index (χ4n) is 4.61. The van der Waals surface area contributed by atoms with E-state index in [1.54, 1.807) is 11.1 Å². The Bertz CT molecular complexity index is 1690. The largest absolute Gasteiger partial charge is 0.348 e. The van der Waals surface area contributed by atoms with E-state index in [4.69, 9.17) is 0 Å². The lowest BCUT2D eigenvalue weighted by molar-refractivity contribution is 0.0539. The van der Waals surface area contributed by atoms with Gasteiger partial charge in [0, 0.05) is 24.8 Å². The molecular formula is C30H25FN6O2S. The van der Waals surface area contributed by atoms with Gasteiger partial charge in [-0.2, -0.15) is 0 Å². The van der Waals surface area contributed by atoms with Gasteiger partial charge in [-0.15, -0.1) is 11.3 Å². The summed E-state index contributed by atoms with van der Waals surface area (Å²) in [6, 6.07) is 20.2. The maximum Gasteiger partial charge on any atom is 0.274 e. The van der Waals surface area contributed by atoms with Gasteiger partial charge in [-0.05, 0) is 53.3 Å². The summed E-state index contributed by atoms with van der Waals surface area (Å²) < 4.78 is 14.3. The maximum atomic E-state index is 13.6. The molecule has 0 aliphatic carbocycles. The summed E-state index contributed by atoms with van der Waals surface area (Å²) in [5.74, 6) is -0.558. The molecular weight excluding hydrogens is 527 g/mol. The Balaban J connectivity index is 1.10. The van der Waals surface area contributed by atoms with Crippen LogP contribution in [0.3, 0.4) is 0 Å². The number of anilines is 1. The first kappa shape index (κ1) is 25.6. The van der Waals surface area contributed by atoms with E-state index in [1.165, 1.54) is 17.4 Å². The molecule has 5 aromatic rings. The number of benzene rings is 2. The molecule has 1 saturated heterocycles. The SMILES string of the molecule is C[C@H](Nc1nc(C(=O)N2CC(NC(=O)c3ccc(-c4ccccc4)cc3)C2)c2sccc2n1)c1cncc(F)c1. The molecule has 0 saturated carbocycles. The number of thiophene rings is 1. The molecule has 2 aromatic carbocycles. The van der Waals surface area contributed by atoms with Crippen LogP contribution in [-0.2, 0) is 0 Å². The molecule has 1 fully saturated rings. The zero-order valence-electron chi connectivity index (χ0n) is 21.5. The Kier molecular flexibility index (Phi) is 6.91. The summed E-state index contributed by atoms with van der Waals surface area (Å²) in [7, 11) is 0. The minimum Gasteiger partial charge on any atom is -0.348 e. The topological polar surface area (TPSA) is 100 Å². The quantitative estimate of drug-likeness (QED) is 0.284. The molecule has 1 aliphatic heterocycles. The van der Waals surface area contributed by atoms with Crippen LogP contribution < -0.4 is 10.6 Å². The third-order valence-electron chi connectivity index (χ3n) is 6.84. The maximum absolute atomic E-state index is 13.6. The highest BCUT2D eigenvalue weighted by atomic mass is 32.1. The monoisotopic (exact) mass is 552 g/mol. The van der Waals surface area contributed by atoms with Crippen molar-refractivity contribution in [1.29, 1.82) is 0 Å². The van der Waals surface area contributed by atoms with Crippen LogP contribution in [0.25, 0.3) is 21.3 Å².